The summed E-state index contributed by atoms with van der Waals surface area (Å²) in [6.45, 7) is 4.67. The van der Waals surface area contributed by atoms with E-state index in [1.165, 1.54) is 5.56 Å². The molecule has 1 aliphatic heterocycles. The lowest BCUT2D eigenvalue weighted by atomic mass is 10.1. The number of carbonyl (C=O) groups is 1. The summed E-state index contributed by atoms with van der Waals surface area (Å²) in [6, 6.07) is 7.94. The van der Waals surface area contributed by atoms with Crippen LogP contribution in [0.15, 0.2) is 24.3 Å². The molecule has 1 unspecified atom stereocenters. The van der Waals surface area contributed by atoms with E-state index >= 15 is 0 Å². The highest BCUT2D eigenvalue weighted by atomic mass is 16.5. The predicted octanol–water partition coefficient (Wildman–Crippen LogP) is 1.84. The van der Waals surface area contributed by atoms with Gasteiger partial charge in [-0.2, -0.15) is 0 Å². The van der Waals surface area contributed by atoms with Crippen LogP contribution in [0.1, 0.15) is 31.7 Å². The van der Waals surface area contributed by atoms with Crippen molar-refractivity contribution < 1.29 is 9.53 Å². The molecular weight excluding hydrogens is 240 g/mol. The van der Waals surface area contributed by atoms with E-state index in [0.717, 1.165) is 44.6 Å². The molecule has 104 valence electrons. The number of hydrogen-bond donors (Lipinski definition) is 2. The van der Waals surface area contributed by atoms with Crippen molar-refractivity contribution in [1.29, 1.82) is 0 Å². The molecule has 2 rings (SSSR count). The van der Waals surface area contributed by atoms with Gasteiger partial charge < -0.3 is 15.4 Å². The van der Waals surface area contributed by atoms with Gasteiger partial charge in [0.25, 0.3) is 5.91 Å². The summed E-state index contributed by atoms with van der Waals surface area (Å²) in [5, 5.41) is 6.16. The van der Waals surface area contributed by atoms with Crippen molar-refractivity contribution in [2.45, 2.75) is 38.8 Å². The summed E-state index contributed by atoms with van der Waals surface area (Å²) < 4.78 is 5.77. The largest absolute Gasteiger partial charge is 0.481 e. The van der Waals surface area contributed by atoms with Gasteiger partial charge in [-0.3, -0.25) is 4.79 Å². The third-order valence-electron chi connectivity index (χ3n) is 3.27. The Morgan fingerprint density at radius 1 is 1.32 bits per heavy atom. The predicted molar refractivity (Wildman–Crippen MR) is 75.1 cm³/mol. The molecule has 0 radical (unpaired) electrons. The molecule has 0 aromatic heterocycles. The number of rotatable bonds is 5. The maximum Gasteiger partial charge on any atom is 0.261 e. The van der Waals surface area contributed by atoms with Crippen LogP contribution < -0.4 is 15.4 Å². The van der Waals surface area contributed by atoms with Crippen LogP contribution in [0.25, 0.3) is 0 Å². The highest BCUT2D eigenvalue weighted by Crippen LogP contribution is 2.17. The second-order valence-electron chi connectivity index (χ2n) is 4.82. The molecular formula is C15H22N2O2. The molecule has 1 heterocycles. The first-order valence-corrected chi connectivity index (χ1v) is 7.03. The van der Waals surface area contributed by atoms with E-state index in [2.05, 4.69) is 17.6 Å². The summed E-state index contributed by atoms with van der Waals surface area (Å²) >= 11 is 0. The maximum atomic E-state index is 11.8. The second-order valence-corrected chi connectivity index (χ2v) is 4.82. The maximum absolute atomic E-state index is 11.8. The standard InChI is InChI=1S/C15H22N2O2/c1-2-16-11-12-6-8-13(9-7-12)19-14-5-3-4-10-17-15(14)18/h6-9,14,16H,2-5,10-11H2,1H3,(H,17,18). The molecule has 0 spiro atoms. The van der Waals surface area contributed by atoms with Crippen LogP contribution in [0.5, 0.6) is 5.75 Å². The summed E-state index contributed by atoms with van der Waals surface area (Å²) in [6.07, 6.45) is 2.52. The van der Waals surface area contributed by atoms with E-state index in [1.807, 2.05) is 24.3 Å². The summed E-state index contributed by atoms with van der Waals surface area (Å²) in [7, 11) is 0. The smallest absolute Gasteiger partial charge is 0.261 e. The molecule has 1 saturated heterocycles. The normalized spacial score (nSPS) is 19.6. The Kier molecular flexibility index (Phi) is 5.21. The molecule has 1 aromatic rings. The van der Waals surface area contributed by atoms with Crippen LogP contribution in [0.2, 0.25) is 0 Å². The van der Waals surface area contributed by atoms with Gasteiger partial charge in [-0.15, -0.1) is 0 Å². The lowest BCUT2D eigenvalue weighted by Crippen LogP contribution is -2.36. The molecule has 19 heavy (non-hydrogen) atoms. The van der Waals surface area contributed by atoms with E-state index in [-0.39, 0.29) is 12.0 Å². The lowest BCUT2D eigenvalue weighted by Gasteiger charge is -2.16. The highest BCUT2D eigenvalue weighted by Gasteiger charge is 2.22. The highest BCUT2D eigenvalue weighted by molar-refractivity contribution is 5.81. The Labute approximate surface area is 114 Å². The molecule has 1 aromatic carbocycles. The van der Waals surface area contributed by atoms with Gasteiger partial charge in [0, 0.05) is 13.1 Å². The topological polar surface area (TPSA) is 50.4 Å². The zero-order chi connectivity index (χ0) is 13.5. The summed E-state index contributed by atoms with van der Waals surface area (Å²) in [5.74, 6) is 0.775. The minimum atomic E-state index is -0.345. The van der Waals surface area contributed by atoms with Gasteiger partial charge >= 0.3 is 0 Å². The average Bonchev–Trinajstić information content (AvgIpc) is 2.63. The van der Waals surface area contributed by atoms with Crippen molar-refractivity contribution in [1.82, 2.24) is 10.6 Å². The lowest BCUT2D eigenvalue weighted by molar-refractivity contribution is -0.127. The molecule has 4 nitrogen and oxygen atoms in total. The van der Waals surface area contributed by atoms with E-state index in [1.54, 1.807) is 0 Å². The van der Waals surface area contributed by atoms with Crippen LogP contribution >= 0.6 is 0 Å². The molecule has 0 aliphatic carbocycles. The van der Waals surface area contributed by atoms with E-state index in [0.29, 0.717) is 0 Å². The zero-order valence-corrected chi connectivity index (χ0v) is 11.4. The molecule has 1 amide bonds. The minimum absolute atomic E-state index is 0.00854. The Hall–Kier alpha value is -1.55. The summed E-state index contributed by atoms with van der Waals surface area (Å²) in [5.41, 5.74) is 1.22. The SMILES string of the molecule is CCNCc1ccc(OC2CCCCNC2=O)cc1. The number of hydrogen-bond acceptors (Lipinski definition) is 3. The Morgan fingerprint density at radius 2 is 2.11 bits per heavy atom. The quantitative estimate of drug-likeness (QED) is 0.851. The van der Waals surface area contributed by atoms with Crippen LogP contribution in [-0.2, 0) is 11.3 Å². The fourth-order valence-corrected chi connectivity index (χ4v) is 2.14. The minimum Gasteiger partial charge on any atom is -0.481 e. The van der Waals surface area contributed by atoms with Crippen LogP contribution in [-0.4, -0.2) is 25.1 Å². The molecule has 4 heteroatoms. The zero-order valence-electron chi connectivity index (χ0n) is 11.4. The Balaban J connectivity index is 1.92. The Bertz CT molecular complexity index is 403. The third kappa shape index (κ3) is 4.24. The van der Waals surface area contributed by atoms with Gasteiger partial charge in [-0.05, 0) is 43.5 Å². The summed E-state index contributed by atoms with van der Waals surface area (Å²) in [4.78, 5) is 11.8. The van der Waals surface area contributed by atoms with Crippen LogP contribution in [0, 0.1) is 0 Å². The van der Waals surface area contributed by atoms with Gasteiger partial charge in [0.15, 0.2) is 6.10 Å². The molecule has 1 fully saturated rings. The van der Waals surface area contributed by atoms with Crippen molar-refractivity contribution in [3.05, 3.63) is 29.8 Å². The first-order chi connectivity index (χ1) is 9.29. The van der Waals surface area contributed by atoms with Crippen molar-refractivity contribution in [2.24, 2.45) is 0 Å². The van der Waals surface area contributed by atoms with Gasteiger partial charge in [-0.25, -0.2) is 0 Å². The number of benzene rings is 1. The fraction of sp³-hybridized carbons (Fsp3) is 0.533. The van der Waals surface area contributed by atoms with Crippen molar-refractivity contribution in [3.63, 3.8) is 0 Å². The van der Waals surface area contributed by atoms with Crippen molar-refractivity contribution in [2.75, 3.05) is 13.1 Å². The van der Waals surface area contributed by atoms with Gasteiger partial charge in [0.05, 0.1) is 0 Å². The van der Waals surface area contributed by atoms with Crippen LogP contribution in [0.4, 0.5) is 0 Å². The Morgan fingerprint density at radius 3 is 2.84 bits per heavy atom. The number of amides is 1. The molecule has 0 saturated carbocycles. The van der Waals surface area contributed by atoms with E-state index < -0.39 is 0 Å². The van der Waals surface area contributed by atoms with Gasteiger partial charge in [-0.1, -0.05) is 19.1 Å². The van der Waals surface area contributed by atoms with Gasteiger partial charge in [0.2, 0.25) is 0 Å². The monoisotopic (exact) mass is 262 g/mol. The number of nitrogens with one attached hydrogen (secondary N) is 2. The first-order valence-electron chi connectivity index (χ1n) is 7.03. The molecule has 0 bridgehead atoms. The van der Waals surface area contributed by atoms with Crippen molar-refractivity contribution in [3.8, 4) is 5.75 Å². The fourth-order valence-electron chi connectivity index (χ4n) is 2.14. The average molecular weight is 262 g/mol. The number of carbonyl (C=O) groups excluding carboxylic acids is 1. The second kappa shape index (κ2) is 7.14. The van der Waals surface area contributed by atoms with Crippen LogP contribution in [0.3, 0.4) is 0 Å². The first kappa shape index (κ1) is 13.9. The molecule has 1 atom stereocenters. The third-order valence-corrected chi connectivity index (χ3v) is 3.27. The van der Waals surface area contributed by atoms with Crippen molar-refractivity contribution >= 4 is 5.91 Å². The number of ether oxygens (including phenoxy) is 1. The molecule has 2 N–H and O–H groups in total. The van der Waals surface area contributed by atoms with E-state index in [9.17, 15) is 4.79 Å². The molecule has 1 aliphatic rings. The van der Waals surface area contributed by atoms with E-state index in [4.69, 9.17) is 4.74 Å². The van der Waals surface area contributed by atoms with Gasteiger partial charge in [0.1, 0.15) is 5.75 Å².